The van der Waals surface area contributed by atoms with E-state index in [1.54, 1.807) is 6.92 Å². The molecule has 0 amide bonds. The molecule has 1 rings (SSSR count). The molecule has 0 aliphatic heterocycles. The molecule has 0 N–H and O–H groups in total. The molecule has 14 heavy (non-hydrogen) atoms. The van der Waals surface area contributed by atoms with E-state index in [9.17, 15) is 9.59 Å². The predicted octanol–water partition coefficient (Wildman–Crippen LogP) is 2.75. The summed E-state index contributed by atoms with van der Waals surface area (Å²) in [5, 5.41) is 0. The summed E-state index contributed by atoms with van der Waals surface area (Å²) in [4.78, 5) is 23.1. The zero-order chi connectivity index (χ0) is 10.8. The standard InChI is InChI=1S/C12H20O2/c1-9(13)8-10-6-4-5-7-12(2,3)11(10)14/h10H,4-8H2,1-3H3. The quantitative estimate of drug-likeness (QED) is 0.636. The van der Waals surface area contributed by atoms with E-state index in [2.05, 4.69) is 0 Å². The smallest absolute Gasteiger partial charge is 0.141 e. The van der Waals surface area contributed by atoms with Crippen LogP contribution in [0.4, 0.5) is 0 Å². The van der Waals surface area contributed by atoms with Crippen molar-refractivity contribution < 1.29 is 9.59 Å². The highest BCUT2D eigenvalue weighted by Crippen LogP contribution is 2.35. The second-order valence-electron chi connectivity index (χ2n) is 5.10. The predicted molar refractivity (Wildman–Crippen MR) is 56.0 cm³/mol. The molecule has 0 aromatic carbocycles. The van der Waals surface area contributed by atoms with Crippen LogP contribution in [0.2, 0.25) is 0 Å². The molecule has 1 fully saturated rings. The van der Waals surface area contributed by atoms with E-state index in [4.69, 9.17) is 0 Å². The van der Waals surface area contributed by atoms with Gasteiger partial charge in [-0.05, 0) is 19.8 Å². The van der Waals surface area contributed by atoms with E-state index >= 15 is 0 Å². The van der Waals surface area contributed by atoms with Gasteiger partial charge in [-0.15, -0.1) is 0 Å². The summed E-state index contributed by atoms with van der Waals surface area (Å²) in [6, 6.07) is 0. The highest BCUT2D eigenvalue weighted by Gasteiger charge is 2.35. The van der Waals surface area contributed by atoms with Crippen LogP contribution in [-0.4, -0.2) is 11.6 Å². The van der Waals surface area contributed by atoms with Crippen molar-refractivity contribution in [2.45, 2.75) is 52.9 Å². The number of rotatable bonds is 2. The molecule has 1 unspecified atom stereocenters. The van der Waals surface area contributed by atoms with E-state index in [0.29, 0.717) is 12.2 Å². The van der Waals surface area contributed by atoms with E-state index < -0.39 is 0 Å². The Morgan fingerprint density at radius 2 is 2.07 bits per heavy atom. The third kappa shape index (κ3) is 2.66. The van der Waals surface area contributed by atoms with Gasteiger partial charge >= 0.3 is 0 Å². The van der Waals surface area contributed by atoms with Gasteiger partial charge in [0.1, 0.15) is 11.6 Å². The molecule has 0 heterocycles. The van der Waals surface area contributed by atoms with Crippen LogP contribution in [-0.2, 0) is 9.59 Å². The van der Waals surface area contributed by atoms with Gasteiger partial charge in [-0.25, -0.2) is 0 Å². The van der Waals surface area contributed by atoms with Crippen LogP contribution >= 0.6 is 0 Å². The second-order valence-corrected chi connectivity index (χ2v) is 5.10. The first kappa shape index (κ1) is 11.4. The molecule has 0 saturated heterocycles. The lowest BCUT2D eigenvalue weighted by atomic mass is 9.78. The van der Waals surface area contributed by atoms with E-state index in [1.807, 2.05) is 13.8 Å². The highest BCUT2D eigenvalue weighted by molar-refractivity contribution is 5.90. The topological polar surface area (TPSA) is 34.1 Å². The van der Waals surface area contributed by atoms with Gasteiger partial charge in [-0.1, -0.05) is 26.7 Å². The number of hydrogen-bond acceptors (Lipinski definition) is 2. The zero-order valence-electron chi connectivity index (χ0n) is 9.43. The fourth-order valence-electron chi connectivity index (χ4n) is 2.31. The molecule has 2 heteroatoms. The normalized spacial score (nSPS) is 27.1. The second kappa shape index (κ2) is 4.24. The van der Waals surface area contributed by atoms with E-state index in [0.717, 1.165) is 25.7 Å². The van der Waals surface area contributed by atoms with E-state index in [1.165, 1.54) is 0 Å². The average Bonchev–Trinajstić information content (AvgIpc) is 2.17. The van der Waals surface area contributed by atoms with Crippen molar-refractivity contribution in [2.75, 3.05) is 0 Å². The molecule has 1 aliphatic carbocycles. The van der Waals surface area contributed by atoms with Gasteiger partial charge in [0.05, 0.1) is 0 Å². The number of carbonyl (C=O) groups is 2. The minimum absolute atomic E-state index is 0.00926. The van der Waals surface area contributed by atoms with Crippen LogP contribution < -0.4 is 0 Å². The van der Waals surface area contributed by atoms with Crippen LogP contribution in [0.3, 0.4) is 0 Å². The molecular formula is C12H20O2. The van der Waals surface area contributed by atoms with Gasteiger partial charge in [-0.2, -0.15) is 0 Å². The lowest BCUT2D eigenvalue weighted by Crippen LogP contribution is -2.30. The lowest BCUT2D eigenvalue weighted by molar-refractivity contribution is -0.133. The molecular weight excluding hydrogens is 176 g/mol. The van der Waals surface area contributed by atoms with Crippen molar-refractivity contribution in [1.29, 1.82) is 0 Å². The molecule has 1 aliphatic rings. The SMILES string of the molecule is CC(=O)CC1CCCCC(C)(C)C1=O. The van der Waals surface area contributed by atoms with Crippen LogP contribution in [0.1, 0.15) is 52.9 Å². The van der Waals surface area contributed by atoms with Gasteiger partial charge < -0.3 is 4.79 Å². The third-order valence-corrected chi connectivity index (χ3v) is 3.18. The fraction of sp³-hybridized carbons (Fsp3) is 0.833. The first-order valence-corrected chi connectivity index (χ1v) is 5.47. The maximum Gasteiger partial charge on any atom is 0.141 e. The van der Waals surface area contributed by atoms with Crippen molar-refractivity contribution >= 4 is 11.6 Å². The van der Waals surface area contributed by atoms with E-state index in [-0.39, 0.29) is 17.1 Å². The van der Waals surface area contributed by atoms with Crippen molar-refractivity contribution in [3.63, 3.8) is 0 Å². The summed E-state index contributed by atoms with van der Waals surface area (Å²) >= 11 is 0. The molecule has 0 aromatic heterocycles. The highest BCUT2D eigenvalue weighted by atomic mass is 16.1. The minimum atomic E-state index is -0.212. The number of hydrogen-bond donors (Lipinski definition) is 0. The molecule has 2 nitrogen and oxygen atoms in total. The van der Waals surface area contributed by atoms with Crippen molar-refractivity contribution in [2.24, 2.45) is 11.3 Å². The van der Waals surface area contributed by atoms with Crippen LogP contribution in [0.25, 0.3) is 0 Å². The largest absolute Gasteiger partial charge is 0.300 e. The van der Waals surface area contributed by atoms with Crippen LogP contribution in [0.5, 0.6) is 0 Å². The Hall–Kier alpha value is -0.660. The molecule has 80 valence electrons. The first-order chi connectivity index (χ1) is 6.43. The Morgan fingerprint density at radius 3 is 2.64 bits per heavy atom. The van der Waals surface area contributed by atoms with Gasteiger partial charge in [0.2, 0.25) is 0 Å². The molecule has 0 radical (unpaired) electrons. The minimum Gasteiger partial charge on any atom is -0.300 e. The maximum atomic E-state index is 12.1. The van der Waals surface area contributed by atoms with Gasteiger partial charge in [0.15, 0.2) is 0 Å². The molecule has 0 aromatic rings. The van der Waals surface area contributed by atoms with Gasteiger partial charge in [0.25, 0.3) is 0 Å². The number of carbonyl (C=O) groups excluding carboxylic acids is 2. The number of ketones is 2. The Balaban J connectivity index is 2.74. The Bertz CT molecular complexity index is 241. The molecule has 0 bridgehead atoms. The Kier molecular flexibility index (Phi) is 3.46. The summed E-state index contributed by atoms with van der Waals surface area (Å²) < 4.78 is 0. The number of Topliss-reactive ketones (excluding diaryl/α,β-unsaturated/α-hetero) is 2. The summed E-state index contributed by atoms with van der Waals surface area (Å²) in [5.74, 6) is 0.427. The summed E-state index contributed by atoms with van der Waals surface area (Å²) in [5.41, 5.74) is -0.212. The van der Waals surface area contributed by atoms with Crippen molar-refractivity contribution in [3.05, 3.63) is 0 Å². The maximum absolute atomic E-state index is 12.1. The average molecular weight is 196 g/mol. The zero-order valence-corrected chi connectivity index (χ0v) is 9.43. The van der Waals surface area contributed by atoms with Crippen molar-refractivity contribution in [1.82, 2.24) is 0 Å². The van der Waals surface area contributed by atoms with Crippen LogP contribution in [0.15, 0.2) is 0 Å². The van der Waals surface area contributed by atoms with Crippen molar-refractivity contribution in [3.8, 4) is 0 Å². The summed E-state index contributed by atoms with van der Waals surface area (Å²) in [6.07, 6.45) is 4.53. The van der Waals surface area contributed by atoms with Gasteiger partial charge in [-0.3, -0.25) is 4.79 Å². The Labute approximate surface area is 86.1 Å². The molecule has 0 spiro atoms. The fourth-order valence-corrected chi connectivity index (χ4v) is 2.31. The summed E-state index contributed by atoms with van der Waals surface area (Å²) in [6.45, 7) is 5.59. The third-order valence-electron chi connectivity index (χ3n) is 3.18. The molecule has 1 atom stereocenters. The Morgan fingerprint density at radius 1 is 1.43 bits per heavy atom. The van der Waals surface area contributed by atoms with Gasteiger partial charge in [0, 0.05) is 17.8 Å². The van der Waals surface area contributed by atoms with Crippen LogP contribution in [0, 0.1) is 11.3 Å². The first-order valence-electron chi connectivity index (χ1n) is 5.47. The lowest BCUT2D eigenvalue weighted by Gasteiger charge is -2.24. The molecule has 1 saturated carbocycles. The summed E-state index contributed by atoms with van der Waals surface area (Å²) in [7, 11) is 0. The monoisotopic (exact) mass is 196 g/mol.